The molecule has 4 heteroatoms. The minimum atomic E-state index is -0.140. The van der Waals surface area contributed by atoms with Crippen LogP contribution in [0.1, 0.15) is 41.1 Å². The van der Waals surface area contributed by atoms with E-state index in [2.05, 4.69) is 22.6 Å². The number of carbonyl (C=O) groups is 1. The molecule has 0 aliphatic heterocycles. The van der Waals surface area contributed by atoms with E-state index in [-0.39, 0.29) is 18.6 Å². The Kier molecular flexibility index (Phi) is 5.26. The van der Waals surface area contributed by atoms with Crippen molar-refractivity contribution in [3.8, 4) is 0 Å². The van der Waals surface area contributed by atoms with Gasteiger partial charge >= 0.3 is 0 Å². The van der Waals surface area contributed by atoms with Gasteiger partial charge in [-0.25, -0.2) is 0 Å². The summed E-state index contributed by atoms with van der Waals surface area (Å²) in [6.07, 6.45) is 4.78. The first-order chi connectivity index (χ1) is 11.7. The third-order valence-corrected chi connectivity index (χ3v) is 4.36. The van der Waals surface area contributed by atoms with Gasteiger partial charge in [0.2, 0.25) is 0 Å². The van der Waals surface area contributed by atoms with E-state index in [1.807, 2.05) is 43.3 Å². The number of nitrogens with zero attached hydrogens (tertiary/aromatic N) is 1. The molecular formula is C20H22N2O2. The molecule has 0 bridgehead atoms. The number of nitrogens with one attached hydrogen (secondary N) is 1. The summed E-state index contributed by atoms with van der Waals surface area (Å²) in [6, 6.07) is 16.3. The molecule has 0 spiro atoms. The Hall–Kier alpha value is -2.62. The maximum Gasteiger partial charge on any atom is 0.261 e. The zero-order valence-corrected chi connectivity index (χ0v) is 13.9. The number of fused-ring (bicyclic) bond motifs is 1. The molecule has 1 aliphatic rings. The van der Waals surface area contributed by atoms with Crippen molar-refractivity contribution in [1.82, 2.24) is 5.32 Å². The number of carbonyl (C=O) groups excluding carboxylic acids is 1. The van der Waals surface area contributed by atoms with E-state index in [0.717, 1.165) is 30.4 Å². The van der Waals surface area contributed by atoms with Gasteiger partial charge in [0.15, 0.2) is 6.61 Å². The van der Waals surface area contributed by atoms with Crippen LogP contribution in [0.5, 0.6) is 0 Å². The van der Waals surface area contributed by atoms with Crippen molar-refractivity contribution >= 4 is 12.1 Å². The molecule has 1 N–H and O–H groups in total. The summed E-state index contributed by atoms with van der Waals surface area (Å²) >= 11 is 0. The smallest absolute Gasteiger partial charge is 0.261 e. The molecule has 0 saturated carbocycles. The average Bonchev–Trinajstić information content (AvgIpc) is 2.60. The molecule has 1 atom stereocenters. The third-order valence-electron chi connectivity index (χ3n) is 4.36. The van der Waals surface area contributed by atoms with Crippen LogP contribution in [-0.2, 0) is 16.1 Å². The monoisotopic (exact) mass is 322 g/mol. The summed E-state index contributed by atoms with van der Waals surface area (Å²) in [5, 5.41) is 6.94. The van der Waals surface area contributed by atoms with Crippen molar-refractivity contribution < 1.29 is 9.63 Å². The highest BCUT2D eigenvalue weighted by molar-refractivity contribution is 5.81. The quantitative estimate of drug-likeness (QED) is 0.676. The molecule has 0 heterocycles. The van der Waals surface area contributed by atoms with Gasteiger partial charge in [-0.15, -0.1) is 0 Å². The molecule has 1 aliphatic carbocycles. The van der Waals surface area contributed by atoms with Crippen LogP contribution in [0.25, 0.3) is 0 Å². The van der Waals surface area contributed by atoms with Crippen LogP contribution >= 0.6 is 0 Å². The van der Waals surface area contributed by atoms with Gasteiger partial charge in [0.25, 0.3) is 5.91 Å². The summed E-state index contributed by atoms with van der Waals surface area (Å²) in [5.74, 6) is -0.140. The Bertz CT molecular complexity index is 740. The van der Waals surface area contributed by atoms with Crippen LogP contribution in [-0.4, -0.2) is 18.7 Å². The van der Waals surface area contributed by atoms with E-state index in [1.54, 1.807) is 6.21 Å². The molecule has 2 aromatic rings. The van der Waals surface area contributed by atoms with Gasteiger partial charge in [-0.1, -0.05) is 53.7 Å². The van der Waals surface area contributed by atoms with E-state index in [4.69, 9.17) is 4.84 Å². The lowest BCUT2D eigenvalue weighted by Crippen LogP contribution is -2.33. The first kappa shape index (κ1) is 16.2. The van der Waals surface area contributed by atoms with E-state index >= 15 is 0 Å². The molecule has 124 valence electrons. The van der Waals surface area contributed by atoms with Gasteiger partial charge < -0.3 is 10.2 Å². The summed E-state index contributed by atoms with van der Waals surface area (Å²) in [7, 11) is 0. The molecule has 0 aromatic heterocycles. The Balaban J connectivity index is 1.51. The lowest BCUT2D eigenvalue weighted by Gasteiger charge is -2.26. The summed E-state index contributed by atoms with van der Waals surface area (Å²) in [5.41, 5.74) is 4.65. The number of rotatable bonds is 5. The second-order valence-electron chi connectivity index (χ2n) is 6.08. The Morgan fingerprint density at radius 1 is 1.25 bits per heavy atom. The van der Waals surface area contributed by atoms with Gasteiger partial charge in [0.1, 0.15) is 0 Å². The van der Waals surface area contributed by atoms with Crippen LogP contribution in [0, 0.1) is 6.92 Å². The molecule has 2 aromatic carbocycles. The van der Waals surface area contributed by atoms with Gasteiger partial charge in [-0.05, 0) is 48.4 Å². The van der Waals surface area contributed by atoms with Crippen LogP contribution < -0.4 is 5.32 Å². The molecule has 0 radical (unpaired) electrons. The predicted molar refractivity (Wildman–Crippen MR) is 95.0 cm³/mol. The normalized spacial score (nSPS) is 16.6. The van der Waals surface area contributed by atoms with Crippen LogP contribution in [0.15, 0.2) is 53.7 Å². The number of aryl methyl sites for hydroxylation is 2. The first-order valence-electron chi connectivity index (χ1n) is 8.32. The standard InChI is InChI=1S/C20H22N2O2/c1-15-7-2-3-9-17(15)13-21-24-14-20(23)22-19-12-6-10-16-8-4-5-11-18(16)19/h2-5,7-9,11,13,19H,6,10,12,14H2,1H3,(H,22,23)/b21-13+. The highest BCUT2D eigenvalue weighted by Gasteiger charge is 2.21. The molecule has 1 amide bonds. The number of benzene rings is 2. The van der Waals surface area contributed by atoms with E-state index in [1.165, 1.54) is 11.1 Å². The summed E-state index contributed by atoms with van der Waals surface area (Å²) < 4.78 is 0. The van der Waals surface area contributed by atoms with Crippen LogP contribution in [0.3, 0.4) is 0 Å². The number of oxime groups is 1. The average molecular weight is 322 g/mol. The maximum absolute atomic E-state index is 12.1. The first-order valence-corrected chi connectivity index (χ1v) is 8.32. The van der Waals surface area contributed by atoms with E-state index < -0.39 is 0 Å². The number of hydrogen-bond acceptors (Lipinski definition) is 3. The molecule has 0 fully saturated rings. The van der Waals surface area contributed by atoms with E-state index in [9.17, 15) is 4.79 Å². The number of hydrogen-bond donors (Lipinski definition) is 1. The summed E-state index contributed by atoms with van der Waals surface area (Å²) in [4.78, 5) is 17.2. The largest absolute Gasteiger partial charge is 0.386 e. The zero-order valence-electron chi connectivity index (χ0n) is 13.9. The molecule has 24 heavy (non-hydrogen) atoms. The minimum Gasteiger partial charge on any atom is -0.386 e. The van der Waals surface area contributed by atoms with Crippen molar-refractivity contribution in [1.29, 1.82) is 0 Å². The highest BCUT2D eigenvalue weighted by atomic mass is 16.6. The van der Waals surface area contributed by atoms with Crippen LogP contribution in [0.2, 0.25) is 0 Å². The molecule has 1 unspecified atom stereocenters. The maximum atomic E-state index is 12.1. The molecule has 0 saturated heterocycles. The second-order valence-corrected chi connectivity index (χ2v) is 6.08. The van der Waals surface area contributed by atoms with Gasteiger partial charge in [-0.2, -0.15) is 0 Å². The van der Waals surface area contributed by atoms with Crippen molar-refractivity contribution in [2.75, 3.05) is 6.61 Å². The Morgan fingerprint density at radius 3 is 2.92 bits per heavy atom. The third kappa shape index (κ3) is 4.02. The SMILES string of the molecule is Cc1ccccc1/C=N/OCC(=O)NC1CCCc2ccccc21. The molecule has 3 rings (SSSR count). The second kappa shape index (κ2) is 7.77. The van der Waals surface area contributed by atoms with Crippen molar-refractivity contribution in [3.05, 3.63) is 70.8 Å². The van der Waals surface area contributed by atoms with Gasteiger partial charge in [0.05, 0.1) is 12.3 Å². The zero-order chi connectivity index (χ0) is 16.8. The van der Waals surface area contributed by atoms with Gasteiger partial charge in [-0.3, -0.25) is 4.79 Å². The lowest BCUT2D eigenvalue weighted by molar-refractivity contribution is -0.126. The highest BCUT2D eigenvalue weighted by Crippen LogP contribution is 2.29. The van der Waals surface area contributed by atoms with Crippen molar-refractivity contribution in [2.24, 2.45) is 5.16 Å². The Labute approximate surface area is 142 Å². The summed E-state index contributed by atoms with van der Waals surface area (Å²) in [6.45, 7) is 1.94. The fourth-order valence-electron chi connectivity index (χ4n) is 3.06. The van der Waals surface area contributed by atoms with Crippen LogP contribution in [0.4, 0.5) is 0 Å². The lowest BCUT2D eigenvalue weighted by atomic mass is 9.88. The fraction of sp³-hybridized carbons (Fsp3) is 0.300. The fourth-order valence-corrected chi connectivity index (χ4v) is 3.06. The Morgan fingerprint density at radius 2 is 2.04 bits per heavy atom. The number of amides is 1. The van der Waals surface area contributed by atoms with E-state index in [0.29, 0.717) is 0 Å². The molecule has 4 nitrogen and oxygen atoms in total. The predicted octanol–water partition coefficient (Wildman–Crippen LogP) is 3.54. The minimum absolute atomic E-state index is 0.0684. The van der Waals surface area contributed by atoms with Crippen molar-refractivity contribution in [3.63, 3.8) is 0 Å². The van der Waals surface area contributed by atoms with Gasteiger partial charge in [0, 0.05) is 0 Å². The topological polar surface area (TPSA) is 50.7 Å². The molecular weight excluding hydrogens is 300 g/mol. The van der Waals surface area contributed by atoms with Crippen molar-refractivity contribution in [2.45, 2.75) is 32.2 Å².